The Labute approximate surface area is 142 Å². The van der Waals surface area contributed by atoms with Gasteiger partial charge in [-0.2, -0.15) is 0 Å². The summed E-state index contributed by atoms with van der Waals surface area (Å²) in [5.74, 6) is -0.115. The number of esters is 1. The van der Waals surface area contributed by atoms with Crippen LogP contribution in [0.3, 0.4) is 0 Å². The summed E-state index contributed by atoms with van der Waals surface area (Å²) in [6.07, 6.45) is 3.38. The lowest BCUT2D eigenvalue weighted by atomic mass is 9.85. The van der Waals surface area contributed by atoms with Crippen LogP contribution >= 0.6 is 0 Å². The van der Waals surface area contributed by atoms with E-state index in [-0.39, 0.29) is 24.0 Å². The number of amides is 1. The van der Waals surface area contributed by atoms with E-state index in [0.717, 1.165) is 19.3 Å². The Morgan fingerprint density at radius 1 is 1.29 bits per heavy atom. The van der Waals surface area contributed by atoms with Gasteiger partial charge in [-0.15, -0.1) is 0 Å². The molecule has 0 saturated heterocycles. The van der Waals surface area contributed by atoms with E-state index in [1.807, 2.05) is 13.8 Å². The molecule has 1 saturated carbocycles. The average Bonchev–Trinajstić information content (AvgIpc) is 2.55. The standard InChI is InChI=1S/C18H26N2O4/c1-11(2)24-16-8-7-13(18(22)23-3)10-15(16)20-17(21)12-5-4-6-14(19)9-12/h7-8,10-12,14H,4-6,9,19H2,1-3H3,(H,20,21). The van der Waals surface area contributed by atoms with E-state index < -0.39 is 5.97 Å². The van der Waals surface area contributed by atoms with Crippen LogP contribution in [0.4, 0.5) is 5.69 Å². The second-order valence-corrected chi connectivity index (χ2v) is 6.48. The number of carbonyl (C=O) groups is 2. The molecule has 1 aliphatic rings. The molecule has 2 rings (SSSR count). The molecule has 1 fully saturated rings. The Balaban J connectivity index is 2.21. The van der Waals surface area contributed by atoms with E-state index in [4.69, 9.17) is 15.2 Å². The summed E-state index contributed by atoms with van der Waals surface area (Å²) in [5.41, 5.74) is 6.82. The third-order valence-corrected chi connectivity index (χ3v) is 4.11. The van der Waals surface area contributed by atoms with Gasteiger partial charge in [-0.05, 0) is 51.3 Å². The van der Waals surface area contributed by atoms with Gasteiger partial charge in [0, 0.05) is 12.0 Å². The number of carbonyl (C=O) groups excluding carboxylic acids is 2. The van der Waals surface area contributed by atoms with Crippen molar-refractivity contribution in [2.24, 2.45) is 11.7 Å². The summed E-state index contributed by atoms with van der Waals surface area (Å²) in [4.78, 5) is 24.3. The topological polar surface area (TPSA) is 90.6 Å². The highest BCUT2D eigenvalue weighted by atomic mass is 16.5. The van der Waals surface area contributed by atoms with E-state index in [0.29, 0.717) is 23.4 Å². The van der Waals surface area contributed by atoms with Crippen molar-refractivity contribution < 1.29 is 19.1 Å². The van der Waals surface area contributed by atoms with Crippen LogP contribution < -0.4 is 15.8 Å². The molecule has 2 unspecified atom stereocenters. The van der Waals surface area contributed by atoms with Crippen LogP contribution in [0.5, 0.6) is 5.75 Å². The highest BCUT2D eigenvalue weighted by molar-refractivity contribution is 5.97. The Bertz CT molecular complexity index is 601. The summed E-state index contributed by atoms with van der Waals surface area (Å²) in [6, 6.07) is 4.95. The maximum atomic E-state index is 12.6. The molecule has 6 heteroatoms. The number of rotatable bonds is 5. The molecule has 3 N–H and O–H groups in total. The number of ether oxygens (including phenoxy) is 2. The van der Waals surface area contributed by atoms with Crippen molar-refractivity contribution in [3.05, 3.63) is 23.8 Å². The molecule has 0 bridgehead atoms. The first kappa shape index (κ1) is 18.3. The van der Waals surface area contributed by atoms with Crippen LogP contribution in [0, 0.1) is 5.92 Å². The van der Waals surface area contributed by atoms with Crippen LogP contribution in [-0.4, -0.2) is 31.1 Å². The first-order chi connectivity index (χ1) is 11.4. The number of methoxy groups -OCH3 is 1. The Hall–Kier alpha value is -2.08. The van der Waals surface area contributed by atoms with E-state index in [9.17, 15) is 9.59 Å². The molecular weight excluding hydrogens is 308 g/mol. The van der Waals surface area contributed by atoms with E-state index in [1.54, 1.807) is 18.2 Å². The summed E-state index contributed by atoms with van der Waals surface area (Å²) < 4.78 is 10.5. The minimum Gasteiger partial charge on any atom is -0.489 e. The fourth-order valence-electron chi connectivity index (χ4n) is 2.93. The van der Waals surface area contributed by atoms with Gasteiger partial charge in [0.2, 0.25) is 5.91 Å². The zero-order valence-corrected chi connectivity index (χ0v) is 14.5. The van der Waals surface area contributed by atoms with Crippen molar-refractivity contribution >= 4 is 17.6 Å². The van der Waals surface area contributed by atoms with Crippen molar-refractivity contribution in [2.45, 2.75) is 51.7 Å². The molecule has 0 heterocycles. The molecule has 1 aromatic carbocycles. The number of nitrogens with one attached hydrogen (secondary N) is 1. The molecule has 0 aliphatic heterocycles. The van der Waals surface area contributed by atoms with Crippen molar-refractivity contribution in [2.75, 3.05) is 12.4 Å². The second-order valence-electron chi connectivity index (χ2n) is 6.48. The Kier molecular flexibility index (Phi) is 6.20. The van der Waals surface area contributed by atoms with Crippen molar-refractivity contribution in [1.82, 2.24) is 0 Å². The van der Waals surface area contributed by atoms with Gasteiger partial charge < -0.3 is 20.5 Å². The highest BCUT2D eigenvalue weighted by Crippen LogP contribution is 2.30. The lowest BCUT2D eigenvalue weighted by Gasteiger charge is -2.26. The Morgan fingerprint density at radius 3 is 2.67 bits per heavy atom. The third kappa shape index (κ3) is 4.71. The predicted molar refractivity (Wildman–Crippen MR) is 92.1 cm³/mol. The quantitative estimate of drug-likeness (QED) is 0.808. The van der Waals surface area contributed by atoms with Gasteiger partial charge in [0.1, 0.15) is 5.75 Å². The summed E-state index contributed by atoms with van der Waals surface area (Å²) in [6.45, 7) is 3.81. The number of nitrogens with two attached hydrogens (primary N) is 1. The molecule has 0 spiro atoms. The van der Waals surface area contributed by atoms with Gasteiger partial charge in [0.15, 0.2) is 0 Å². The van der Waals surface area contributed by atoms with Crippen LogP contribution in [0.15, 0.2) is 18.2 Å². The van der Waals surface area contributed by atoms with E-state index >= 15 is 0 Å². The van der Waals surface area contributed by atoms with Crippen LogP contribution in [0.25, 0.3) is 0 Å². The number of benzene rings is 1. The molecule has 1 amide bonds. The normalized spacial score (nSPS) is 20.5. The number of hydrogen-bond donors (Lipinski definition) is 2. The second kappa shape index (κ2) is 8.15. The smallest absolute Gasteiger partial charge is 0.337 e. The highest BCUT2D eigenvalue weighted by Gasteiger charge is 2.26. The molecular formula is C18H26N2O4. The van der Waals surface area contributed by atoms with E-state index in [1.165, 1.54) is 7.11 Å². The fraction of sp³-hybridized carbons (Fsp3) is 0.556. The largest absolute Gasteiger partial charge is 0.489 e. The Morgan fingerprint density at radius 2 is 2.04 bits per heavy atom. The summed E-state index contributed by atoms with van der Waals surface area (Å²) >= 11 is 0. The van der Waals surface area contributed by atoms with Crippen LogP contribution in [0.1, 0.15) is 49.9 Å². The van der Waals surface area contributed by atoms with Gasteiger partial charge in [0.05, 0.1) is 24.5 Å². The molecule has 24 heavy (non-hydrogen) atoms. The van der Waals surface area contributed by atoms with Gasteiger partial charge >= 0.3 is 5.97 Å². The predicted octanol–water partition coefficient (Wildman–Crippen LogP) is 2.72. The first-order valence-electron chi connectivity index (χ1n) is 8.36. The maximum absolute atomic E-state index is 12.6. The van der Waals surface area contributed by atoms with Gasteiger partial charge in [-0.25, -0.2) is 4.79 Å². The van der Waals surface area contributed by atoms with Gasteiger partial charge in [0.25, 0.3) is 0 Å². The third-order valence-electron chi connectivity index (χ3n) is 4.11. The molecule has 0 radical (unpaired) electrons. The first-order valence-corrected chi connectivity index (χ1v) is 8.36. The number of anilines is 1. The van der Waals surface area contributed by atoms with Crippen molar-refractivity contribution in [1.29, 1.82) is 0 Å². The minimum absolute atomic E-state index is 0.0484. The summed E-state index contributed by atoms with van der Waals surface area (Å²) in [5, 5.41) is 2.90. The SMILES string of the molecule is COC(=O)c1ccc(OC(C)C)c(NC(=O)C2CCCC(N)C2)c1. The monoisotopic (exact) mass is 334 g/mol. The van der Waals surface area contributed by atoms with Crippen LogP contribution in [0.2, 0.25) is 0 Å². The van der Waals surface area contributed by atoms with Crippen molar-refractivity contribution in [3.63, 3.8) is 0 Å². The van der Waals surface area contributed by atoms with Crippen molar-refractivity contribution in [3.8, 4) is 5.75 Å². The lowest BCUT2D eigenvalue weighted by molar-refractivity contribution is -0.120. The lowest BCUT2D eigenvalue weighted by Crippen LogP contribution is -2.34. The molecule has 1 aromatic rings. The molecule has 6 nitrogen and oxygen atoms in total. The van der Waals surface area contributed by atoms with Crippen LogP contribution in [-0.2, 0) is 9.53 Å². The molecule has 2 atom stereocenters. The maximum Gasteiger partial charge on any atom is 0.337 e. The molecule has 132 valence electrons. The van der Waals surface area contributed by atoms with E-state index in [2.05, 4.69) is 5.32 Å². The zero-order chi connectivity index (χ0) is 17.7. The fourth-order valence-corrected chi connectivity index (χ4v) is 2.93. The van der Waals surface area contributed by atoms with Gasteiger partial charge in [-0.1, -0.05) is 6.42 Å². The van der Waals surface area contributed by atoms with Gasteiger partial charge in [-0.3, -0.25) is 4.79 Å². The molecule has 0 aromatic heterocycles. The minimum atomic E-state index is -0.457. The zero-order valence-electron chi connectivity index (χ0n) is 14.5. The molecule has 1 aliphatic carbocycles. The average molecular weight is 334 g/mol. The summed E-state index contributed by atoms with van der Waals surface area (Å²) in [7, 11) is 1.32. The number of hydrogen-bond acceptors (Lipinski definition) is 5.